The van der Waals surface area contributed by atoms with Gasteiger partial charge in [-0.25, -0.2) is 18.4 Å². The van der Waals surface area contributed by atoms with Gasteiger partial charge in [0, 0.05) is 55.9 Å². The Labute approximate surface area is 169 Å². The summed E-state index contributed by atoms with van der Waals surface area (Å²) in [6.07, 6.45) is 3.06. The molecule has 2 atom stereocenters. The minimum Gasteiger partial charge on any atom is -0.339 e. The number of nitrogens with zero attached hydrogens (tertiary/aromatic N) is 4. The molecule has 28 heavy (non-hydrogen) atoms. The molecule has 0 aliphatic carbocycles. The van der Waals surface area contributed by atoms with Crippen LogP contribution in [0.1, 0.15) is 22.2 Å². The van der Waals surface area contributed by atoms with Crippen molar-refractivity contribution in [1.82, 2.24) is 24.2 Å². The fourth-order valence-corrected chi connectivity index (χ4v) is 5.75. The van der Waals surface area contributed by atoms with Crippen molar-refractivity contribution in [2.45, 2.75) is 30.5 Å². The summed E-state index contributed by atoms with van der Waals surface area (Å²) in [5.41, 5.74) is 2.14. The molecule has 0 spiro atoms. The Hall–Kier alpha value is -2.07. The maximum Gasteiger partial charge on any atom is 0.262 e. The molecule has 1 fully saturated rings. The molecule has 0 saturated carbocycles. The number of aromatic nitrogens is 3. The largest absolute Gasteiger partial charge is 0.339 e. The molecule has 1 aliphatic heterocycles. The van der Waals surface area contributed by atoms with Crippen LogP contribution in [0, 0.1) is 6.92 Å². The third-order valence-corrected chi connectivity index (χ3v) is 7.67. The molecule has 1 aliphatic rings. The van der Waals surface area contributed by atoms with Gasteiger partial charge in [-0.05, 0) is 12.5 Å². The quantitative estimate of drug-likeness (QED) is 0.665. The van der Waals surface area contributed by atoms with E-state index in [0.717, 1.165) is 16.3 Å². The van der Waals surface area contributed by atoms with Gasteiger partial charge in [0.2, 0.25) is 0 Å². The van der Waals surface area contributed by atoms with E-state index in [9.17, 15) is 8.42 Å². The van der Waals surface area contributed by atoms with Gasteiger partial charge in [-0.15, -0.1) is 11.3 Å². The van der Waals surface area contributed by atoms with Crippen molar-refractivity contribution in [1.29, 1.82) is 0 Å². The molecule has 3 heterocycles. The highest BCUT2D eigenvalue weighted by atomic mass is 32.2. The Kier molecular flexibility index (Phi) is 5.33. The minimum atomic E-state index is -3.62. The molecule has 0 amide bonds. The summed E-state index contributed by atoms with van der Waals surface area (Å²) in [4.78, 5) is 8.55. The summed E-state index contributed by atoms with van der Waals surface area (Å²) in [7, 11) is -1.86. The number of rotatable bonds is 6. The number of aryl methyl sites for hydroxylation is 2. The first kappa shape index (κ1) is 19.3. The molecule has 2 aromatic heterocycles. The maximum atomic E-state index is 13.1. The number of nitrogens with one attached hydrogen (secondary N) is 1. The summed E-state index contributed by atoms with van der Waals surface area (Å²) in [6, 6.07) is 10.1. The van der Waals surface area contributed by atoms with Crippen molar-refractivity contribution >= 4 is 21.4 Å². The van der Waals surface area contributed by atoms with Gasteiger partial charge in [-0.2, -0.15) is 4.31 Å². The zero-order valence-corrected chi connectivity index (χ0v) is 17.4. The Bertz CT molecular complexity index is 1050. The van der Waals surface area contributed by atoms with Crippen LogP contribution in [0.3, 0.4) is 0 Å². The van der Waals surface area contributed by atoms with Gasteiger partial charge in [0.05, 0.1) is 6.33 Å². The highest BCUT2D eigenvalue weighted by molar-refractivity contribution is 7.89. The number of imidazole rings is 1. The maximum absolute atomic E-state index is 13.1. The fourth-order valence-electron chi connectivity index (χ4n) is 3.57. The van der Waals surface area contributed by atoms with Crippen LogP contribution in [0.5, 0.6) is 0 Å². The molecule has 1 aromatic carbocycles. The predicted octanol–water partition coefficient (Wildman–Crippen LogP) is 2.13. The van der Waals surface area contributed by atoms with Crippen LogP contribution in [0.15, 0.2) is 53.3 Å². The van der Waals surface area contributed by atoms with E-state index in [-0.39, 0.29) is 17.0 Å². The second-order valence-corrected chi connectivity index (χ2v) is 9.91. The van der Waals surface area contributed by atoms with E-state index in [1.165, 1.54) is 10.6 Å². The lowest BCUT2D eigenvalue weighted by Gasteiger charge is -2.19. The monoisotopic (exact) mass is 417 g/mol. The van der Waals surface area contributed by atoms with Gasteiger partial charge in [0.1, 0.15) is 5.01 Å². The first-order valence-corrected chi connectivity index (χ1v) is 11.4. The van der Waals surface area contributed by atoms with Crippen LogP contribution in [0.4, 0.5) is 0 Å². The van der Waals surface area contributed by atoms with Crippen LogP contribution in [0.2, 0.25) is 0 Å². The molecule has 0 radical (unpaired) electrons. The molecule has 9 heteroatoms. The molecule has 4 rings (SSSR count). The van der Waals surface area contributed by atoms with E-state index in [0.29, 0.717) is 19.6 Å². The average molecular weight is 418 g/mol. The summed E-state index contributed by atoms with van der Waals surface area (Å²) < 4.78 is 29.3. The Morgan fingerprint density at radius 2 is 2.04 bits per heavy atom. The fraction of sp³-hybridized carbons (Fsp3) is 0.368. The molecule has 7 nitrogen and oxygen atoms in total. The van der Waals surface area contributed by atoms with E-state index < -0.39 is 10.0 Å². The predicted molar refractivity (Wildman–Crippen MR) is 109 cm³/mol. The second-order valence-electron chi connectivity index (χ2n) is 7.09. The molecular formula is C19H23N5O2S2. The van der Waals surface area contributed by atoms with Gasteiger partial charge in [0.15, 0.2) is 5.03 Å². The standard InChI is InChI=1S/C19H23N5O2S2/c1-14-12-27-18(22-14)8-20-17-10-24(9-16(17)15-6-4-3-5-7-15)28(25,26)19-11-23(2)13-21-19/h3-7,11-13,16-17,20H,8-10H2,1-2H3. The molecular weight excluding hydrogens is 394 g/mol. The first-order valence-electron chi connectivity index (χ1n) is 9.11. The summed E-state index contributed by atoms with van der Waals surface area (Å²) in [5.74, 6) is 0.0701. The molecule has 1 N–H and O–H groups in total. The lowest BCUT2D eigenvalue weighted by molar-refractivity contribution is 0.454. The van der Waals surface area contributed by atoms with Crippen molar-refractivity contribution in [3.8, 4) is 0 Å². The Balaban J connectivity index is 1.57. The summed E-state index contributed by atoms with van der Waals surface area (Å²) >= 11 is 1.62. The molecule has 1 saturated heterocycles. The van der Waals surface area contributed by atoms with Crippen LogP contribution in [-0.2, 0) is 23.6 Å². The number of benzene rings is 1. The first-order chi connectivity index (χ1) is 13.4. The van der Waals surface area contributed by atoms with E-state index in [1.54, 1.807) is 29.1 Å². The van der Waals surface area contributed by atoms with Crippen LogP contribution >= 0.6 is 11.3 Å². The summed E-state index contributed by atoms with van der Waals surface area (Å²) in [6.45, 7) is 3.44. The van der Waals surface area contributed by atoms with Crippen molar-refractivity contribution in [2.75, 3.05) is 13.1 Å². The van der Waals surface area contributed by atoms with Crippen molar-refractivity contribution in [2.24, 2.45) is 7.05 Å². The van der Waals surface area contributed by atoms with Crippen LogP contribution < -0.4 is 5.32 Å². The zero-order valence-electron chi connectivity index (χ0n) is 15.8. The van der Waals surface area contributed by atoms with Crippen LogP contribution in [-0.4, -0.2) is 46.4 Å². The molecule has 2 unspecified atom stereocenters. The van der Waals surface area contributed by atoms with Crippen molar-refractivity contribution in [3.05, 3.63) is 64.5 Å². The average Bonchev–Trinajstić information content (AvgIpc) is 3.40. The van der Waals surface area contributed by atoms with Gasteiger partial charge in [0.25, 0.3) is 10.0 Å². The minimum absolute atomic E-state index is 0.00472. The SMILES string of the molecule is Cc1csc(CNC2CN(S(=O)(=O)c3cn(C)cn3)CC2c2ccccc2)n1. The van der Waals surface area contributed by atoms with Crippen LogP contribution in [0.25, 0.3) is 0 Å². The molecule has 3 aromatic rings. The van der Waals surface area contributed by atoms with E-state index >= 15 is 0 Å². The Morgan fingerprint density at radius 3 is 2.68 bits per heavy atom. The topological polar surface area (TPSA) is 80.1 Å². The lowest BCUT2D eigenvalue weighted by Crippen LogP contribution is -2.36. The zero-order chi connectivity index (χ0) is 19.7. The number of thiazole rings is 1. The third-order valence-electron chi connectivity index (χ3n) is 4.98. The van der Waals surface area contributed by atoms with Gasteiger partial charge < -0.3 is 9.88 Å². The highest BCUT2D eigenvalue weighted by Crippen LogP contribution is 2.31. The number of hydrogen-bond donors (Lipinski definition) is 1. The van der Waals surface area contributed by atoms with Crippen molar-refractivity contribution < 1.29 is 8.42 Å². The smallest absolute Gasteiger partial charge is 0.262 e. The van der Waals surface area contributed by atoms with Gasteiger partial charge in [-0.1, -0.05) is 30.3 Å². The van der Waals surface area contributed by atoms with Gasteiger partial charge in [-0.3, -0.25) is 0 Å². The van der Waals surface area contributed by atoms with E-state index in [2.05, 4.69) is 27.4 Å². The third kappa shape index (κ3) is 3.88. The number of hydrogen-bond acceptors (Lipinski definition) is 6. The van der Waals surface area contributed by atoms with Gasteiger partial charge >= 0.3 is 0 Å². The van der Waals surface area contributed by atoms with Crippen molar-refractivity contribution in [3.63, 3.8) is 0 Å². The van der Waals surface area contributed by atoms with E-state index in [1.807, 2.05) is 30.5 Å². The highest BCUT2D eigenvalue weighted by Gasteiger charge is 2.40. The molecule has 0 bridgehead atoms. The normalized spacial score (nSPS) is 20.6. The lowest BCUT2D eigenvalue weighted by atomic mass is 9.94. The summed E-state index contributed by atoms with van der Waals surface area (Å²) in [5, 5.41) is 6.67. The van der Waals surface area contributed by atoms with E-state index in [4.69, 9.17) is 0 Å². The number of sulfonamides is 1. The molecule has 148 valence electrons. The Morgan fingerprint density at radius 1 is 1.25 bits per heavy atom. The second kappa shape index (κ2) is 7.75.